The Hall–Kier alpha value is -2.22. The molecular formula is C18H13ClN4OS2. The van der Waals surface area contributed by atoms with Gasteiger partial charge in [-0.05, 0) is 35.7 Å². The standard InChI is InChI=1S/C18H13ClN4OS2/c19-12-5-3-11(4-6-12)16-13-10-23(8-7-14(13)22-24-16)18-21-20-17(26-18)15-2-1-9-25-15/h1-6,9H,7-8,10H2. The number of benzene rings is 1. The molecule has 0 radical (unpaired) electrons. The lowest BCUT2D eigenvalue weighted by Gasteiger charge is -2.25. The first-order valence-corrected chi connectivity index (χ1v) is 10.2. The molecule has 26 heavy (non-hydrogen) atoms. The van der Waals surface area contributed by atoms with Gasteiger partial charge in [0.05, 0.1) is 17.1 Å². The highest BCUT2D eigenvalue weighted by molar-refractivity contribution is 7.22. The molecule has 0 unspecified atom stereocenters. The maximum absolute atomic E-state index is 6.00. The molecule has 1 aliphatic heterocycles. The lowest BCUT2D eigenvalue weighted by Crippen LogP contribution is -2.30. The summed E-state index contributed by atoms with van der Waals surface area (Å²) in [5.41, 5.74) is 3.13. The average Bonchev–Trinajstić information content (AvgIpc) is 3.41. The maximum atomic E-state index is 6.00. The molecule has 0 saturated carbocycles. The zero-order valence-electron chi connectivity index (χ0n) is 13.6. The first-order chi connectivity index (χ1) is 12.8. The van der Waals surface area contributed by atoms with E-state index >= 15 is 0 Å². The Balaban J connectivity index is 1.45. The van der Waals surface area contributed by atoms with E-state index in [9.17, 15) is 0 Å². The summed E-state index contributed by atoms with van der Waals surface area (Å²) in [6.45, 7) is 1.58. The Kier molecular flexibility index (Phi) is 4.00. The zero-order chi connectivity index (χ0) is 17.5. The molecule has 0 fully saturated rings. The SMILES string of the molecule is Clc1ccc(-c2onc3c2CN(c2nnc(-c4cccs4)s2)CC3)cc1. The van der Waals surface area contributed by atoms with Gasteiger partial charge in [-0.15, -0.1) is 21.5 Å². The van der Waals surface area contributed by atoms with Gasteiger partial charge in [0.25, 0.3) is 0 Å². The molecule has 0 spiro atoms. The van der Waals surface area contributed by atoms with Crippen LogP contribution in [-0.2, 0) is 13.0 Å². The molecule has 0 atom stereocenters. The Morgan fingerprint density at radius 1 is 1.12 bits per heavy atom. The van der Waals surface area contributed by atoms with E-state index in [1.807, 2.05) is 30.3 Å². The van der Waals surface area contributed by atoms with Gasteiger partial charge in [0.1, 0.15) is 0 Å². The molecule has 3 aromatic heterocycles. The molecule has 0 saturated heterocycles. The monoisotopic (exact) mass is 400 g/mol. The van der Waals surface area contributed by atoms with Gasteiger partial charge in [0.15, 0.2) is 10.8 Å². The molecule has 0 N–H and O–H groups in total. The summed E-state index contributed by atoms with van der Waals surface area (Å²) < 4.78 is 5.64. The van der Waals surface area contributed by atoms with Crippen LogP contribution in [0.4, 0.5) is 5.13 Å². The van der Waals surface area contributed by atoms with Crippen LogP contribution in [0, 0.1) is 0 Å². The molecule has 0 amide bonds. The van der Waals surface area contributed by atoms with E-state index in [4.69, 9.17) is 16.1 Å². The third-order valence-electron chi connectivity index (χ3n) is 4.36. The van der Waals surface area contributed by atoms with Crippen LogP contribution >= 0.6 is 34.3 Å². The van der Waals surface area contributed by atoms with Crippen LogP contribution < -0.4 is 4.90 Å². The van der Waals surface area contributed by atoms with Crippen LogP contribution in [0.3, 0.4) is 0 Å². The number of nitrogens with zero attached hydrogens (tertiary/aromatic N) is 4. The highest BCUT2D eigenvalue weighted by Crippen LogP contribution is 2.36. The van der Waals surface area contributed by atoms with Gasteiger partial charge in [0.2, 0.25) is 5.13 Å². The van der Waals surface area contributed by atoms with Crippen molar-refractivity contribution >= 4 is 39.4 Å². The second-order valence-corrected chi connectivity index (χ2v) is 8.32. The average molecular weight is 401 g/mol. The second kappa shape index (κ2) is 6.50. The van der Waals surface area contributed by atoms with Crippen molar-refractivity contribution in [2.24, 2.45) is 0 Å². The van der Waals surface area contributed by atoms with Gasteiger partial charge >= 0.3 is 0 Å². The van der Waals surface area contributed by atoms with E-state index in [-0.39, 0.29) is 0 Å². The number of thiophene rings is 1. The smallest absolute Gasteiger partial charge is 0.208 e. The quantitative estimate of drug-likeness (QED) is 0.476. The van der Waals surface area contributed by atoms with Crippen molar-refractivity contribution < 1.29 is 4.52 Å². The lowest BCUT2D eigenvalue weighted by atomic mass is 10.0. The molecule has 5 rings (SSSR count). The van der Waals surface area contributed by atoms with Gasteiger partial charge < -0.3 is 9.42 Å². The van der Waals surface area contributed by atoms with Crippen LogP contribution in [0.1, 0.15) is 11.3 Å². The molecule has 130 valence electrons. The van der Waals surface area contributed by atoms with Gasteiger partial charge in [0, 0.05) is 29.1 Å². The third-order valence-corrected chi connectivity index (χ3v) is 6.64. The Morgan fingerprint density at radius 2 is 2.00 bits per heavy atom. The topological polar surface area (TPSA) is 55.1 Å². The Labute approximate surface area is 162 Å². The van der Waals surface area contributed by atoms with E-state index in [1.54, 1.807) is 22.7 Å². The van der Waals surface area contributed by atoms with Crippen LogP contribution in [0.5, 0.6) is 0 Å². The van der Waals surface area contributed by atoms with Crippen molar-refractivity contribution in [2.45, 2.75) is 13.0 Å². The second-order valence-electron chi connectivity index (χ2n) is 5.98. The van der Waals surface area contributed by atoms with E-state index < -0.39 is 0 Å². The van der Waals surface area contributed by atoms with Crippen LogP contribution in [0.2, 0.25) is 5.02 Å². The number of rotatable bonds is 3. The number of halogens is 1. The fraction of sp³-hybridized carbons (Fsp3) is 0.167. The van der Waals surface area contributed by atoms with Crippen LogP contribution in [-0.4, -0.2) is 21.9 Å². The third kappa shape index (κ3) is 2.82. The highest BCUT2D eigenvalue weighted by Gasteiger charge is 2.27. The Bertz CT molecular complexity index is 1040. The van der Waals surface area contributed by atoms with Crippen molar-refractivity contribution in [3.8, 4) is 21.2 Å². The number of hydrogen-bond donors (Lipinski definition) is 0. The number of fused-ring (bicyclic) bond motifs is 1. The van der Waals surface area contributed by atoms with E-state index in [0.717, 1.165) is 57.1 Å². The zero-order valence-corrected chi connectivity index (χ0v) is 15.9. The summed E-state index contributed by atoms with van der Waals surface area (Å²) in [6, 6.07) is 11.8. The van der Waals surface area contributed by atoms with E-state index in [0.29, 0.717) is 5.02 Å². The van der Waals surface area contributed by atoms with Gasteiger partial charge in [-0.25, -0.2) is 0 Å². The highest BCUT2D eigenvalue weighted by atomic mass is 35.5. The lowest BCUT2D eigenvalue weighted by molar-refractivity contribution is 0.424. The molecule has 0 aliphatic carbocycles. The fourth-order valence-corrected chi connectivity index (χ4v) is 4.83. The first kappa shape index (κ1) is 16.0. The number of anilines is 1. The minimum atomic E-state index is 0.707. The summed E-state index contributed by atoms with van der Waals surface area (Å²) in [5.74, 6) is 0.810. The molecule has 1 aromatic carbocycles. The largest absolute Gasteiger partial charge is 0.356 e. The summed E-state index contributed by atoms with van der Waals surface area (Å²) in [5, 5.41) is 17.7. The summed E-state index contributed by atoms with van der Waals surface area (Å²) in [7, 11) is 0. The van der Waals surface area contributed by atoms with Crippen LogP contribution in [0.25, 0.3) is 21.2 Å². The predicted octanol–water partition coefficient (Wildman–Crippen LogP) is 5.14. The van der Waals surface area contributed by atoms with Crippen LogP contribution in [0.15, 0.2) is 46.3 Å². The predicted molar refractivity (Wildman–Crippen MR) is 105 cm³/mol. The minimum absolute atomic E-state index is 0.707. The van der Waals surface area contributed by atoms with Gasteiger partial charge in [-0.3, -0.25) is 0 Å². The molecule has 8 heteroatoms. The molecule has 0 bridgehead atoms. The van der Waals surface area contributed by atoms with Crippen molar-refractivity contribution in [2.75, 3.05) is 11.4 Å². The normalized spacial score (nSPS) is 13.8. The molecule has 1 aliphatic rings. The Morgan fingerprint density at radius 3 is 2.81 bits per heavy atom. The number of aromatic nitrogens is 3. The summed E-state index contributed by atoms with van der Waals surface area (Å²) in [6.07, 6.45) is 0.834. The van der Waals surface area contributed by atoms with Crippen molar-refractivity contribution in [3.63, 3.8) is 0 Å². The van der Waals surface area contributed by atoms with E-state index in [1.165, 1.54) is 0 Å². The summed E-state index contributed by atoms with van der Waals surface area (Å²) in [4.78, 5) is 3.39. The molecule has 4 heterocycles. The molecule has 4 aromatic rings. The van der Waals surface area contributed by atoms with Crippen molar-refractivity contribution in [1.29, 1.82) is 0 Å². The first-order valence-electron chi connectivity index (χ1n) is 8.13. The summed E-state index contributed by atoms with van der Waals surface area (Å²) >= 11 is 9.30. The van der Waals surface area contributed by atoms with Gasteiger partial charge in [-0.2, -0.15) is 0 Å². The van der Waals surface area contributed by atoms with E-state index in [2.05, 4.69) is 31.7 Å². The molecular weight excluding hydrogens is 388 g/mol. The number of hydrogen-bond acceptors (Lipinski definition) is 7. The van der Waals surface area contributed by atoms with Crippen molar-refractivity contribution in [1.82, 2.24) is 15.4 Å². The molecule has 5 nitrogen and oxygen atoms in total. The van der Waals surface area contributed by atoms with Crippen molar-refractivity contribution in [3.05, 3.63) is 58.1 Å². The maximum Gasteiger partial charge on any atom is 0.208 e. The fourth-order valence-electron chi connectivity index (χ4n) is 3.05. The van der Waals surface area contributed by atoms with Gasteiger partial charge in [-0.1, -0.05) is 34.2 Å². The minimum Gasteiger partial charge on any atom is -0.356 e.